The topological polar surface area (TPSA) is 95.7 Å². The number of nitrogens with zero attached hydrogens (tertiary/aromatic N) is 2. The summed E-state index contributed by atoms with van der Waals surface area (Å²) in [5.41, 5.74) is 1.67. The number of aromatic nitrogens is 1. The molecule has 7 heteroatoms. The number of β-amino-alcohol motifs (C(OH)–C–C–N with tert-alkyl or cyclic N) is 1. The zero-order valence-electron chi connectivity index (χ0n) is 14.0. The first-order chi connectivity index (χ1) is 12.0. The van der Waals surface area contributed by atoms with Crippen LogP contribution >= 0.6 is 0 Å². The van der Waals surface area contributed by atoms with E-state index in [0.29, 0.717) is 18.0 Å². The van der Waals surface area contributed by atoms with Crippen molar-refractivity contribution < 1.29 is 19.2 Å². The van der Waals surface area contributed by atoms with E-state index in [4.69, 9.17) is 4.52 Å². The molecule has 1 aliphatic rings. The van der Waals surface area contributed by atoms with Gasteiger partial charge < -0.3 is 19.8 Å². The van der Waals surface area contributed by atoms with Crippen LogP contribution in [0.4, 0.5) is 0 Å². The number of nitrogens with one attached hydrogen (secondary N) is 1. The maximum atomic E-state index is 12.5. The number of aryl methyl sites for hydroxylation is 1. The Bertz CT molecular complexity index is 744. The zero-order valence-corrected chi connectivity index (χ0v) is 14.0. The Balaban J connectivity index is 1.62. The zero-order chi connectivity index (χ0) is 17.8. The maximum absolute atomic E-state index is 12.5. The molecule has 3 rings (SSSR count). The number of aliphatic hydroxyl groups excluding tert-OH is 1. The van der Waals surface area contributed by atoms with Crippen molar-refractivity contribution >= 4 is 11.8 Å². The summed E-state index contributed by atoms with van der Waals surface area (Å²) < 4.78 is 5.06. The Morgan fingerprint density at radius 1 is 1.36 bits per heavy atom. The molecule has 0 spiro atoms. The summed E-state index contributed by atoms with van der Waals surface area (Å²) in [6.07, 6.45) is -0.439. The molecule has 0 aliphatic carbocycles. The van der Waals surface area contributed by atoms with Gasteiger partial charge in [-0.05, 0) is 12.5 Å². The third kappa shape index (κ3) is 4.24. The minimum absolute atomic E-state index is 0.0238. The predicted molar refractivity (Wildman–Crippen MR) is 89.4 cm³/mol. The number of aliphatic hydroxyl groups is 1. The summed E-state index contributed by atoms with van der Waals surface area (Å²) in [5, 5.41) is 16.5. The fourth-order valence-electron chi connectivity index (χ4n) is 2.99. The molecule has 25 heavy (non-hydrogen) atoms. The third-order valence-electron chi connectivity index (χ3n) is 4.21. The molecule has 1 aromatic carbocycles. The van der Waals surface area contributed by atoms with Crippen LogP contribution in [0, 0.1) is 6.92 Å². The van der Waals surface area contributed by atoms with Crippen LogP contribution in [0.1, 0.15) is 23.4 Å². The molecule has 2 unspecified atom stereocenters. The average molecular weight is 343 g/mol. The summed E-state index contributed by atoms with van der Waals surface area (Å²) >= 11 is 0. The molecule has 1 saturated heterocycles. The molecule has 2 N–H and O–H groups in total. The van der Waals surface area contributed by atoms with Crippen molar-refractivity contribution in [1.29, 1.82) is 0 Å². The molecule has 1 fully saturated rings. The number of carbonyl (C=O) groups excluding carboxylic acids is 2. The minimum Gasteiger partial charge on any atom is -0.391 e. The van der Waals surface area contributed by atoms with Crippen LogP contribution in [-0.4, -0.2) is 45.7 Å². The monoisotopic (exact) mass is 343 g/mol. The molecule has 2 aromatic rings. The van der Waals surface area contributed by atoms with Gasteiger partial charge in [0.2, 0.25) is 11.8 Å². The normalized spacial score (nSPS) is 19.8. The molecule has 7 nitrogen and oxygen atoms in total. The quantitative estimate of drug-likeness (QED) is 0.837. The van der Waals surface area contributed by atoms with E-state index in [9.17, 15) is 14.7 Å². The van der Waals surface area contributed by atoms with Gasteiger partial charge in [-0.3, -0.25) is 9.59 Å². The Labute approximate surface area is 145 Å². The molecule has 2 atom stereocenters. The van der Waals surface area contributed by atoms with Gasteiger partial charge in [-0.15, -0.1) is 0 Å². The van der Waals surface area contributed by atoms with Crippen LogP contribution in [0.15, 0.2) is 40.9 Å². The van der Waals surface area contributed by atoms with Crippen LogP contribution in [-0.2, 0) is 22.6 Å². The van der Waals surface area contributed by atoms with E-state index >= 15 is 0 Å². The van der Waals surface area contributed by atoms with Gasteiger partial charge in [0.1, 0.15) is 11.8 Å². The molecule has 132 valence electrons. The van der Waals surface area contributed by atoms with Crippen molar-refractivity contribution in [3.8, 4) is 0 Å². The van der Waals surface area contributed by atoms with Gasteiger partial charge in [0.15, 0.2) is 0 Å². The molecular weight excluding hydrogens is 322 g/mol. The van der Waals surface area contributed by atoms with Crippen molar-refractivity contribution in [2.24, 2.45) is 0 Å². The van der Waals surface area contributed by atoms with E-state index in [1.807, 2.05) is 30.3 Å². The Morgan fingerprint density at radius 3 is 2.80 bits per heavy atom. The first-order valence-corrected chi connectivity index (χ1v) is 8.24. The second kappa shape index (κ2) is 7.48. The van der Waals surface area contributed by atoms with E-state index in [-0.39, 0.29) is 31.2 Å². The van der Waals surface area contributed by atoms with Crippen molar-refractivity contribution in [2.75, 3.05) is 6.54 Å². The van der Waals surface area contributed by atoms with Gasteiger partial charge in [-0.2, -0.15) is 0 Å². The van der Waals surface area contributed by atoms with Gasteiger partial charge in [0.05, 0.1) is 18.2 Å². The highest BCUT2D eigenvalue weighted by molar-refractivity contribution is 5.89. The van der Waals surface area contributed by atoms with Gasteiger partial charge in [0.25, 0.3) is 0 Å². The van der Waals surface area contributed by atoms with Crippen molar-refractivity contribution in [1.82, 2.24) is 15.4 Å². The minimum atomic E-state index is -0.701. The molecular formula is C18H21N3O4. The molecule has 2 heterocycles. The van der Waals surface area contributed by atoms with Crippen LogP contribution in [0.25, 0.3) is 0 Å². The largest absolute Gasteiger partial charge is 0.391 e. The molecule has 0 bridgehead atoms. The molecule has 0 radical (unpaired) electrons. The number of likely N-dealkylation sites (tertiary alicyclic amines) is 1. The molecule has 0 saturated carbocycles. The molecule has 1 aromatic heterocycles. The SMILES string of the molecule is Cc1cc(CC(=O)N2CC(O)CC2C(=O)NCc2ccccc2)on1. The number of hydrogen-bond donors (Lipinski definition) is 2. The smallest absolute Gasteiger partial charge is 0.243 e. The van der Waals surface area contributed by atoms with E-state index in [2.05, 4.69) is 10.5 Å². The second-order valence-corrected chi connectivity index (χ2v) is 6.27. The van der Waals surface area contributed by atoms with E-state index in [1.165, 1.54) is 4.90 Å². The maximum Gasteiger partial charge on any atom is 0.243 e. The van der Waals surface area contributed by atoms with Crippen LogP contribution < -0.4 is 5.32 Å². The van der Waals surface area contributed by atoms with Crippen molar-refractivity contribution in [3.05, 3.63) is 53.4 Å². The Hall–Kier alpha value is -2.67. The van der Waals surface area contributed by atoms with E-state index in [0.717, 1.165) is 5.56 Å². The Kier molecular flexibility index (Phi) is 5.14. The highest BCUT2D eigenvalue weighted by atomic mass is 16.5. The lowest BCUT2D eigenvalue weighted by Crippen LogP contribution is -2.46. The summed E-state index contributed by atoms with van der Waals surface area (Å²) in [6.45, 7) is 2.31. The second-order valence-electron chi connectivity index (χ2n) is 6.27. The van der Waals surface area contributed by atoms with Crippen molar-refractivity contribution in [3.63, 3.8) is 0 Å². The highest BCUT2D eigenvalue weighted by Crippen LogP contribution is 2.20. The van der Waals surface area contributed by atoms with Crippen LogP contribution in [0.5, 0.6) is 0 Å². The van der Waals surface area contributed by atoms with Crippen LogP contribution in [0.2, 0.25) is 0 Å². The lowest BCUT2D eigenvalue weighted by atomic mass is 10.1. The lowest BCUT2D eigenvalue weighted by Gasteiger charge is -2.23. The number of benzene rings is 1. The fourth-order valence-corrected chi connectivity index (χ4v) is 2.99. The summed E-state index contributed by atoms with van der Waals surface area (Å²) in [6, 6.07) is 10.6. The fraction of sp³-hybridized carbons (Fsp3) is 0.389. The van der Waals surface area contributed by atoms with Crippen molar-refractivity contribution in [2.45, 2.75) is 38.5 Å². The first-order valence-electron chi connectivity index (χ1n) is 8.24. The van der Waals surface area contributed by atoms with Gasteiger partial charge >= 0.3 is 0 Å². The van der Waals surface area contributed by atoms with E-state index < -0.39 is 12.1 Å². The van der Waals surface area contributed by atoms with Gasteiger partial charge in [-0.25, -0.2) is 0 Å². The van der Waals surface area contributed by atoms with Gasteiger partial charge in [-0.1, -0.05) is 35.5 Å². The summed E-state index contributed by atoms with van der Waals surface area (Å²) in [4.78, 5) is 26.4. The molecule has 1 aliphatic heterocycles. The van der Waals surface area contributed by atoms with Crippen LogP contribution in [0.3, 0.4) is 0 Å². The molecule has 2 amide bonds. The first kappa shape index (κ1) is 17.2. The average Bonchev–Trinajstić information content (AvgIpc) is 3.19. The third-order valence-corrected chi connectivity index (χ3v) is 4.21. The summed E-state index contributed by atoms with van der Waals surface area (Å²) in [5.74, 6) is -0.0672. The highest BCUT2D eigenvalue weighted by Gasteiger charge is 2.38. The lowest BCUT2D eigenvalue weighted by molar-refractivity contribution is -0.138. The number of hydrogen-bond acceptors (Lipinski definition) is 5. The predicted octanol–water partition coefficient (Wildman–Crippen LogP) is 0.804. The van der Waals surface area contributed by atoms with E-state index in [1.54, 1.807) is 13.0 Å². The Morgan fingerprint density at radius 2 is 2.12 bits per heavy atom. The standard InChI is InChI=1S/C18H21N3O4/c1-12-7-15(25-20-12)9-17(23)21-11-14(22)8-16(21)18(24)19-10-13-5-3-2-4-6-13/h2-7,14,16,22H,8-11H2,1H3,(H,19,24). The summed E-state index contributed by atoms with van der Waals surface area (Å²) in [7, 11) is 0. The number of rotatable bonds is 5. The number of carbonyl (C=O) groups is 2. The van der Waals surface area contributed by atoms with Gasteiger partial charge in [0, 0.05) is 25.6 Å². The number of amides is 2.